The normalized spacial score (nSPS) is 15.3. The number of hydrogen-bond acceptors (Lipinski definition) is 5. The Kier molecular flexibility index (Phi) is 3.55. The minimum absolute atomic E-state index is 0.193. The van der Waals surface area contributed by atoms with E-state index in [-0.39, 0.29) is 17.4 Å². The highest BCUT2D eigenvalue weighted by Crippen LogP contribution is 2.20. The third kappa shape index (κ3) is 2.58. The van der Waals surface area contributed by atoms with Gasteiger partial charge in [0.2, 0.25) is 0 Å². The lowest BCUT2D eigenvalue weighted by Gasteiger charge is -2.35. The van der Waals surface area contributed by atoms with Gasteiger partial charge in [-0.15, -0.1) is 0 Å². The Hall–Kier alpha value is -2.44. The Morgan fingerprint density at radius 3 is 2.52 bits per heavy atom. The number of aryl methyl sites for hydroxylation is 1. The second-order valence-electron chi connectivity index (χ2n) is 4.93. The van der Waals surface area contributed by atoms with E-state index in [0.29, 0.717) is 37.6 Å². The highest BCUT2D eigenvalue weighted by atomic mass is 19.1. The van der Waals surface area contributed by atoms with Gasteiger partial charge in [0.05, 0.1) is 5.69 Å². The molecule has 1 fully saturated rings. The molecule has 7 heteroatoms. The van der Waals surface area contributed by atoms with Crippen LogP contribution in [0.25, 0.3) is 0 Å². The Balaban J connectivity index is 1.67. The molecule has 21 heavy (non-hydrogen) atoms. The van der Waals surface area contributed by atoms with E-state index in [4.69, 9.17) is 0 Å². The molecule has 1 aliphatic heterocycles. The van der Waals surface area contributed by atoms with Crippen LogP contribution >= 0.6 is 0 Å². The quantitative estimate of drug-likeness (QED) is 0.838. The smallest absolute Gasteiger partial charge is 0.278 e. The average Bonchev–Trinajstić information content (AvgIpc) is 2.93. The van der Waals surface area contributed by atoms with E-state index in [9.17, 15) is 9.18 Å². The zero-order valence-corrected chi connectivity index (χ0v) is 11.6. The lowest BCUT2D eigenvalue weighted by molar-refractivity contribution is 0.0735. The van der Waals surface area contributed by atoms with Crippen molar-refractivity contribution in [2.45, 2.75) is 6.92 Å². The second kappa shape index (κ2) is 5.51. The molecule has 0 bridgehead atoms. The van der Waals surface area contributed by atoms with Crippen molar-refractivity contribution in [3.8, 4) is 0 Å². The van der Waals surface area contributed by atoms with Gasteiger partial charge in [-0.3, -0.25) is 4.79 Å². The number of para-hydroxylation sites is 1. The van der Waals surface area contributed by atoms with Gasteiger partial charge in [-0.2, -0.15) is 0 Å². The topological polar surface area (TPSA) is 62.5 Å². The van der Waals surface area contributed by atoms with Gasteiger partial charge in [-0.1, -0.05) is 17.3 Å². The minimum atomic E-state index is -0.242. The molecule has 1 amide bonds. The maximum absolute atomic E-state index is 13.8. The molecule has 1 aromatic heterocycles. The Bertz CT molecular complexity index is 650. The molecule has 1 saturated heterocycles. The van der Waals surface area contributed by atoms with Gasteiger partial charge in [0.15, 0.2) is 5.69 Å². The summed E-state index contributed by atoms with van der Waals surface area (Å²) >= 11 is 0. The molecule has 1 aromatic carbocycles. The summed E-state index contributed by atoms with van der Waals surface area (Å²) in [6, 6.07) is 6.66. The number of benzene rings is 1. The van der Waals surface area contributed by atoms with Gasteiger partial charge in [0.25, 0.3) is 5.91 Å². The van der Waals surface area contributed by atoms with Crippen molar-refractivity contribution in [3.05, 3.63) is 41.5 Å². The Morgan fingerprint density at radius 2 is 1.90 bits per heavy atom. The summed E-state index contributed by atoms with van der Waals surface area (Å²) in [6.07, 6.45) is 0. The summed E-state index contributed by atoms with van der Waals surface area (Å²) in [5.74, 6) is -0.434. The molecule has 0 aliphatic carbocycles. The number of anilines is 1. The van der Waals surface area contributed by atoms with E-state index >= 15 is 0 Å². The summed E-state index contributed by atoms with van der Waals surface area (Å²) in [7, 11) is 0. The monoisotopic (exact) mass is 290 g/mol. The number of aromatic nitrogens is 2. The summed E-state index contributed by atoms with van der Waals surface area (Å²) < 4.78 is 18.3. The predicted molar refractivity (Wildman–Crippen MR) is 73.6 cm³/mol. The van der Waals surface area contributed by atoms with Gasteiger partial charge >= 0.3 is 0 Å². The van der Waals surface area contributed by atoms with Crippen LogP contribution in [0, 0.1) is 12.7 Å². The van der Waals surface area contributed by atoms with Crippen LogP contribution in [0.4, 0.5) is 10.1 Å². The number of piperazine rings is 1. The van der Waals surface area contributed by atoms with E-state index in [1.165, 1.54) is 6.07 Å². The zero-order chi connectivity index (χ0) is 14.8. The van der Waals surface area contributed by atoms with Crippen molar-refractivity contribution in [2.75, 3.05) is 31.1 Å². The summed E-state index contributed by atoms with van der Waals surface area (Å²) in [6.45, 7) is 3.87. The van der Waals surface area contributed by atoms with E-state index in [0.717, 1.165) is 0 Å². The average molecular weight is 290 g/mol. The number of amides is 1. The molecule has 0 radical (unpaired) electrons. The molecule has 2 aromatic rings. The highest BCUT2D eigenvalue weighted by Gasteiger charge is 2.26. The van der Waals surface area contributed by atoms with Crippen LogP contribution in [0.1, 0.15) is 16.2 Å². The van der Waals surface area contributed by atoms with Gasteiger partial charge in [0, 0.05) is 26.2 Å². The van der Waals surface area contributed by atoms with Crippen LogP contribution in [0.5, 0.6) is 0 Å². The first-order valence-corrected chi connectivity index (χ1v) is 6.74. The minimum Gasteiger partial charge on any atom is -0.366 e. The third-order valence-electron chi connectivity index (χ3n) is 3.62. The summed E-state index contributed by atoms with van der Waals surface area (Å²) in [5.41, 5.74) is 1.30. The largest absolute Gasteiger partial charge is 0.366 e. The fraction of sp³-hybridized carbons (Fsp3) is 0.357. The standard InChI is InChI=1S/C14H15FN4O2/c1-10-13(17-21-16-10)14(20)19-8-6-18(7-9-19)12-5-3-2-4-11(12)15/h2-5H,6-9H2,1H3. The zero-order valence-electron chi connectivity index (χ0n) is 11.6. The molecule has 0 atom stereocenters. The van der Waals surface area contributed by atoms with Crippen LogP contribution in [0.2, 0.25) is 0 Å². The number of carbonyl (C=O) groups is 1. The van der Waals surface area contributed by atoms with Crippen molar-refractivity contribution in [1.82, 2.24) is 15.2 Å². The Labute approximate surface area is 121 Å². The van der Waals surface area contributed by atoms with Crippen molar-refractivity contribution in [3.63, 3.8) is 0 Å². The second-order valence-corrected chi connectivity index (χ2v) is 4.93. The van der Waals surface area contributed by atoms with E-state index in [1.807, 2.05) is 4.90 Å². The van der Waals surface area contributed by atoms with Crippen LogP contribution in [-0.4, -0.2) is 47.3 Å². The number of hydrogen-bond donors (Lipinski definition) is 0. The molecule has 3 rings (SSSR count). The first kappa shape index (κ1) is 13.5. The fourth-order valence-electron chi connectivity index (χ4n) is 2.43. The molecular weight excluding hydrogens is 275 g/mol. The van der Waals surface area contributed by atoms with Crippen molar-refractivity contribution >= 4 is 11.6 Å². The fourth-order valence-corrected chi connectivity index (χ4v) is 2.43. The molecular formula is C14H15FN4O2. The molecule has 0 unspecified atom stereocenters. The van der Waals surface area contributed by atoms with Crippen LogP contribution in [0.15, 0.2) is 28.9 Å². The first-order valence-electron chi connectivity index (χ1n) is 6.74. The molecule has 6 nitrogen and oxygen atoms in total. The van der Waals surface area contributed by atoms with E-state index < -0.39 is 0 Å². The maximum atomic E-state index is 13.8. The maximum Gasteiger partial charge on any atom is 0.278 e. The molecule has 2 heterocycles. The van der Waals surface area contributed by atoms with Crippen LogP contribution in [-0.2, 0) is 0 Å². The van der Waals surface area contributed by atoms with Crippen molar-refractivity contribution in [1.29, 1.82) is 0 Å². The number of rotatable bonds is 2. The molecule has 0 spiro atoms. The third-order valence-corrected chi connectivity index (χ3v) is 3.62. The van der Waals surface area contributed by atoms with Gasteiger partial charge < -0.3 is 9.80 Å². The van der Waals surface area contributed by atoms with Crippen molar-refractivity contribution < 1.29 is 13.8 Å². The lowest BCUT2D eigenvalue weighted by Crippen LogP contribution is -2.49. The molecule has 110 valence electrons. The number of carbonyl (C=O) groups excluding carboxylic acids is 1. The Morgan fingerprint density at radius 1 is 1.19 bits per heavy atom. The SMILES string of the molecule is Cc1nonc1C(=O)N1CCN(c2ccccc2F)CC1. The number of nitrogens with zero attached hydrogens (tertiary/aromatic N) is 4. The lowest BCUT2D eigenvalue weighted by atomic mass is 10.2. The van der Waals surface area contributed by atoms with E-state index in [2.05, 4.69) is 14.9 Å². The van der Waals surface area contributed by atoms with Gasteiger partial charge in [-0.25, -0.2) is 9.02 Å². The van der Waals surface area contributed by atoms with E-state index in [1.54, 1.807) is 30.0 Å². The molecule has 1 aliphatic rings. The molecule has 0 saturated carbocycles. The molecule has 0 N–H and O–H groups in total. The van der Waals surface area contributed by atoms with Crippen LogP contribution < -0.4 is 4.90 Å². The van der Waals surface area contributed by atoms with Gasteiger partial charge in [-0.05, 0) is 24.2 Å². The predicted octanol–water partition coefficient (Wildman–Crippen LogP) is 1.48. The van der Waals surface area contributed by atoms with Crippen molar-refractivity contribution in [2.24, 2.45) is 0 Å². The highest BCUT2D eigenvalue weighted by molar-refractivity contribution is 5.93. The van der Waals surface area contributed by atoms with Gasteiger partial charge in [0.1, 0.15) is 11.5 Å². The first-order chi connectivity index (χ1) is 10.2. The summed E-state index contributed by atoms with van der Waals surface area (Å²) in [5, 5.41) is 7.24. The summed E-state index contributed by atoms with van der Waals surface area (Å²) in [4.78, 5) is 15.9. The van der Waals surface area contributed by atoms with Crippen LogP contribution in [0.3, 0.4) is 0 Å². The number of halogens is 1.